The van der Waals surface area contributed by atoms with Gasteiger partial charge in [0.05, 0.1) is 0 Å². The van der Waals surface area contributed by atoms with Crippen molar-refractivity contribution in [3.63, 3.8) is 0 Å². The Morgan fingerprint density at radius 1 is 1.42 bits per heavy atom. The van der Waals surface area contributed by atoms with Gasteiger partial charge in [-0.2, -0.15) is 0 Å². The fourth-order valence-corrected chi connectivity index (χ4v) is 1.35. The van der Waals surface area contributed by atoms with E-state index in [9.17, 15) is 4.79 Å². The van der Waals surface area contributed by atoms with Crippen molar-refractivity contribution in [2.24, 2.45) is 0 Å². The number of benzene rings is 1. The number of hydrogen-bond donors (Lipinski definition) is 1. The molecule has 1 aromatic carbocycles. The molecule has 1 aromatic rings. The van der Waals surface area contributed by atoms with Crippen LogP contribution in [-0.4, -0.2) is 27.6 Å². The zero-order valence-corrected chi connectivity index (χ0v) is 8.42. The van der Waals surface area contributed by atoms with Gasteiger partial charge in [-0.3, -0.25) is 0 Å². The molecule has 0 spiro atoms. The molecule has 2 nitrogen and oxygen atoms in total. The van der Waals surface area contributed by atoms with E-state index in [1.807, 2.05) is 40.8 Å². The van der Waals surface area contributed by atoms with Crippen molar-refractivity contribution in [1.29, 1.82) is 0 Å². The normalized spacial score (nSPS) is 10.4. The first-order chi connectivity index (χ1) is 5.70. The molecule has 0 saturated heterocycles. The van der Waals surface area contributed by atoms with Crippen molar-refractivity contribution >= 4 is 33.0 Å². The van der Waals surface area contributed by atoms with E-state index in [1.165, 1.54) is 0 Å². The molecule has 0 fully saturated rings. The molecule has 0 bridgehead atoms. The van der Waals surface area contributed by atoms with Crippen molar-refractivity contribution in [3.05, 3.63) is 35.9 Å². The maximum atomic E-state index is 10.2. The van der Waals surface area contributed by atoms with Gasteiger partial charge in [0.15, 0.2) is 0 Å². The van der Waals surface area contributed by atoms with Gasteiger partial charge < -0.3 is 0 Å². The molecule has 0 amide bonds. The predicted octanol–water partition coefficient (Wildman–Crippen LogP) is 0.578. The standard InChI is InChI=1S/C9H7GeO2/c10-8-4-2-1-3-7(8)5-6-9(11)12/h1-6H,(H,11,12)/b6-5+. The second-order valence-corrected chi connectivity index (χ2v) is 3.39. The molecule has 0 atom stereocenters. The molecule has 1 rings (SSSR count). The topological polar surface area (TPSA) is 37.3 Å². The Balaban J connectivity index is 2.89. The van der Waals surface area contributed by atoms with Gasteiger partial charge in [0, 0.05) is 0 Å². The van der Waals surface area contributed by atoms with Crippen LogP contribution in [0.2, 0.25) is 0 Å². The molecular formula is C9H7GeO2. The Labute approximate surface area is 79.1 Å². The summed E-state index contributed by atoms with van der Waals surface area (Å²) in [5.74, 6) is -0.918. The number of carboxylic acid groups (broad SMARTS) is 1. The molecule has 0 unspecified atom stereocenters. The SMILES string of the molecule is O=C(O)/C=C/c1cccc[c]1[Ge]. The summed E-state index contributed by atoms with van der Waals surface area (Å²) in [7, 11) is 0. The summed E-state index contributed by atoms with van der Waals surface area (Å²) in [6.45, 7) is 0. The molecular weight excluding hydrogens is 213 g/mol. The summed E-state index contributed by atoms with van der Waals surface area (Å²) in [6.07, 6.45) is 2.74. The van der Waals surface area contributed by atoms with E-state index in [0.29, 0.717) is 0 Å². The zero-order chi connectivity index (χ0) is 8.97. The van der Waals surface area contributed by atoms with Gasteiger partial charge in [0.1, 0.15) is 0 Å². The van der Waals surface area contributed by atoms with Gasteiger partial charge in [-0.25, -0.2) is 0 Å². The number of aliphatic carboxylic acids is 1. The average Bonchev–Trinajstić information content (AvgIpc) is 2.03. The summed E-state index contributed by atoms with van der Waals surface area (Å²) < 4.78 is 1.08. The fraction of sp³-hybridized carbons (Fsp3) is 0. The van der Waals surface area contributed by atoms with Crippen LogP contribution in [0.15, 0.2) is 30.3 Å². The van der Waals surface area contributed by atoms with Gasteiger partial charge in [-0.15, -0.1) is 0 Å². The van der Waals surface area contributed by atoms with E-state index in [0.717, 1.165) is 16.0 Å². The van der Waals surface area contributed by atoms with Crippen LogP contribution in [0.1, 0.15) is 5.56 Å². The molecule has 0 heterocycles. The summed E-state index contributed by atoms with van der Waals surface area (Å²) >= 11 is 1.95. The Morgan fingerprint density at radius 3 is 2.67 bits per heavy atom. The third kappa shape index (κ3) is 2.54. The van der Waals surface area contributed by atoms with Crippen molar-refractivity contribution in [1.82, 2.24) is 0 Å². The average molecular weight is 220 g/mol. The molecule has 3 heteroatoms. The van der Waals surface area contributed by atoms with Crippen LogP contribution < -0.4 is 4.40 Å². The second kappa shape index (κ2) is 4.11. The van der Waals surface area contributed by atoms with Crippen LogP contribution >= 0.6 is 0 Å². The summed E-state index contributed by atoms with van der Waals surface area (Å²) in [5, 5.41) is 8.38. The van der Waals surface area contributed by atoms with Crippen molar-refractivity contribution in [2.75, 3.05) is 0 Å². The van der Waals surface area contributed by atoms with Crippen LogP contribution in [0.3, 0.4) is 0 Å². The quantitative estimate of drug-likeness (QED) is 0.584. The first-order valence-corrected chi connectivity index (χ1v) is 4.46. The molecule has 0 aliphatic rings. The van der Waals surface area contributed by atoms with Crippen LogP contribution in [0.5, 0.6) is 0 Å². The summed E-state index contributed by atoms with van der Waals surface area (Å²) in [6, 6.07) is 7.64. The first kappa shape index (κ1) is 9.06. The summed E-state index contributed by atoms with van der Waals surface area (Å²) in [5.41, 5.74) is 0.944. The number of hydrogen-bond acceptors (Lipinski definition) is 1. The van der Waals surface area contributed by atoms with E-state index in [-0.39, 0.29) is 0 Å². The van der Waals surface area contributed by atoms with E-state index in [1.54, 1.807) is 6.08 Å². The van der Waals surface area contributed by atoms with Gasteiger partial charge >= 0.3 is 78.8 Å². The minimum atomic E-state index is -0.918. The Hall–Kier alpha value is -1.03. The third-order valence-electron chi connectivity index (χ3n) is 1.37. The van der Waals surface area contributed by atoms with E-state index in [2.05, 4.69) is 0 Å². The number of carboxylic acids is 1. The molecule has 0 aromatic heterocycles. The molecule has 0 aliphatic carbocycles. The van der Waals surface area contributed by atoms with Crippen molar-refractivity contribution in [3.8, 4) is 0 Å². The van der Waals surface area contributed by atoms with E-state index in [4.69, 9.17) is 5.11 Å². The van der Waals surface area contributed by atoms with Gasteiger partial charge in [0.2, 0.25) is 0 Å². The van der Waals surface area contributed by atoms with Crippen LogP contribution in [0.4, 0.5) is 0 Å². The fourth-order valence-electron chi connectivity index (χ4n) is 0.803. The summed E-state index contributed by atoms with van der Waals surface area (Å²) in [4.78, 5) is 10.2. The molecule has 12 heavy (non-hydrogen) atoms. The van der Waals surface area contributed by atoms with E-state index < -0.39 is 5.97 Å². The van der Waals surface area contributed by atoms with Gasteiger partial charge in [-0.1, -0.05) is 0 Å². The number of rotatable bonds is 2. The van der Waals surface area contributed by atoms with Crippen LogP contribution in [0.25, 0.3) is 6.08 Å². The molecule has 1 N–H and O–H groups in total. The van der Waals surface area contributed by atoms with Gasteiger partial charge in [-0.05, 0) is 0 Å². The Kier molecular flexibility index (Phi) is 3.11. The second-order valence-electron chi connectivity index (χ2n) is 2.26. The van der Waals surface area contributed by atoms with Crippen molar-refractivity contribution < 1.29 is 9.90 Å². The molecule has 0 saturated carbocycles. The Bertz CT molecular complexity index is 318. The number of carbonyl (C=O) groups is 1. The minimum absolute atomic E-state index is 0.918. The zero-order valence-electron chi connectivity index (χ0n) is 6.32. The predicted molar refractivity (Wildman–Crippen MR) is 48.5 cm³/mol. The maximum absolute atomic E-state index is 10.2. The van der Waals surface area contributed by atoms with Crippen LogP contribution in [0, 0.1) is 0 Å². The molecule has 0 aliphatic heterocycles. The van der Waals surface area contributed by atoms with E-state index >= 15 is 0 Å². The van der Waals surface area contributed by atoms with Gasteiger partial charge in [0.25, 0.3) is 0 Å². The van der Waals surface area contributed by atoms with Crippen LogP contribution in [-0.2, 0) is 4.79 Å². The monoisotopic (exact) mass is 221 g/mol. The third-order valence-corrected chi connectivity index (χ3v) is 2.32. The van der Waals surface area contributed by atoms with Crippen molar-refractivity contribution in [2.45, 2.75) is 0 Å². The first-order valence-electron chi connectivity index (χ1n) is 3.42. The Morgan fingerprint density at radius 2 is 2.08 bits per heavy atom. The molecule has 3 radical (unpaired) electrons. The molecule has 59 valence electrons.